The van der Waals surface area contributed by atoms with Gasteiger partial charge in [0.1, 0.15) is 0 Å². The van der Waals surface area contributed by atoms with Crippen LogP contribution in [0.3, 0.4) is 0 Å². The van der Waals surface area contributed by atoms with Crippen LogP contribution in [0, 0.1) is 0 Å². The van der Waals surface area contributed by atoms with E-state index < -0.39 is 7.32 Å². The number of benzene rings is 1. The quantitative estimate of drug-likeness (QED) is 0.436. The van der Waals surface area contributed by atoms with E-state index in [2.05, 4.69) is 20.2 Å². The Morgan fingerprint density at radius 3 is 2.73 bits per heavy atom. The molecule has 0 saturated carbocycles. The fraction of sp³-hybridized carbons (Fsp3) is 0.462. The molecule has 0 bridgehead atoms. The Bertz CT molecular complexity index is 552. The third kappa shape index (κ3) is 5.19. The SMILES string of the molecule is NC(CCCCOB(O)O)c1nnnn1Cc1ccccc1. The molecule has 2 aromatic rings. The van der Waals surface area contributed by atoms with Crippen LogP contribution in [-0.2, 0) is 11.2 Å². The summed E-state index contributed by atoms with van der Waals surface area (Å²) in [5, 5.41) is 28.8. The van der Waals surface area contributed by atoms with Crippen molar-refractivity contribution >= 4 is 7.32 Å². The van der Waals surface area contributed by atoms with Gasteiger partial charge < -0.3 is 20.4 Å². The van der Waals surface area contributed by atoms with E-state index >= 15 is 0 Å². The van der Waals surface area contributed by atoms with Gasteiger partial charge in [0, 0.05) is 6.61 Å². The maximum absolute atomic E-state index is 8.57. The number of hydrogen-bond acceptors (Lipinski definition) is 7. The first-order chi connectivity index (χ1) is 10.7. The summed E-state index contributed by atoms with van der Waals surface area (Å²) in [4.78, 5) is 0. The minimum Gasteiger partial charge on any atom is -0.402 e. The van der Waals surface area contributed by atoms with E-state index in [1.807, 2.05) is 30.3 Å². The number of aromatic nitrogens is 4. The second-order valence-corrected chi connectivity index (χ2v) is 4.98. The highest BCUT2D eigenvalue weighted by Gasteiger charge is 2.15. The molecule has 0 spiro atoms. The molecule has 0 fully saturated rings. The average molecular weight is 305 g/mol. The van der Waals surface area contributed by atoms with Crippen molar-refractivity contribution in [2.24, 2.45) is 5.73 Å². The van der Waals surface area contributed by atoms with E-state index in [0.29, 0.717) is 25.2 Å². The minimum atomic E-state index is -1.72. The van der Waals surface area contributed by atoms with Crippen molar-refractivity contribution in [1.82, 2.24) is 20.2 Å². The Morgan fingerprint density at radius 1 is 1.23 bits per heavy atom. The highest BCUT2D eigenvalue weighted by atomic mass is 16.6. The predicted octanol–water partition coefficient (Wildman–Crippen LogP) is -0.122. The van der Waals surface area contributed by atoms with Gasteiger partial charge >= 0.3 is 7.32 Å². The lowest BCUT2D eigenvalue weighted by atomic mass is 10.1. The van der Waals surface area contributed by atoms with Crippen LogP contribution in [0.25, 0.3) is 0 Å². The molecule has 0 amide bonds. The summed E-state index contributed by atoms with van der Waals surface area (Å²) in [6, 6.07) is 9.64. The number of unbranched alkanes of at least 4 members (excludes halogenated alkanes) is 1. The van der Waals surface area contributed by atoms with Crippen LogP contribution < -0.4 is 5.73 Å². The van der Waals surface area contributed by atoms with E-state index in [4.69, 9.17) is 15.8 Å². The number of tetrazole rings is 1. The number of nitrogens with two attached hydrogens (primary N) is 1. The van der Waals surface area contributed by atoms with Crippen molar-refractivity contribution in [1.29, 1.82) is 0 Å². The van der Waals surface area contributed by atoms with Gasteiger partial charge in [0.05, 0.1) is 12.6 Å². The van der Waals surface area contributed by atoms with Gasteiger partial charge in [-0.05, 0) is 35.3 Å². The van der Waals surface area contributed by atoms with Crippen molar-refractivity contribution in [3.05, 3.63) is 41.7 Å². The molecule has 0 saturated heterocycles. The van der Waals surface area contributed by atoms with Gasteiger partial charge in [0.25, 0.3) is 0 Å². The summed E-state index contributed by atoms with van der Waals surface area (Å²) in [6.45, 7) is 0.857. The molecule has 1 unspecified atom stereocenters. The summed E-state index contributed by atoms with van der Waals surface area (Å²) >= 11 is 0. The molecule has 4 N–H and O–H groups in total. The van der Waals surface area contributed by atoms with Gasteiger partial charge in [-0.3, -0.25) is 0 Å². The molecule has 1 heterocycles. The normalized spacial score (nSPS) is 12.3. The van der Waals surface area contributed by atoms with Crippen LogP contribution in [0.1, 0.15) is 36.7 Å². The van der Waals surface area contributed by atoms with Gasteiger partial charge in [0.2, 0.25) is 0 Å². The lowest BCUT2D eigenvalue weighted by Crippen LogP contribution is -2.19. The molecule has 0 aliphatic rings. The Kier molecular flexibility index (Phi) is 6.47. The largest absolute Gasteiger partial charge is 0.633 e. The Morgan fingerprint density at radius 2 is 2.00 bits per heavy atom. The number of rotatable bonds is 9. The molecule has 1 atom stereocenters. The average Bonchev–Trinajstić information content (AvgIpc) is 2.95. The van der Waals surface area contributed by atoms with Crippen LogP contribution in [0.4, 0.5) is 0 Å². The molecule has 9 heteroatoms. The highest BCUT2D eigenvalue weighted by molar-refractivity contribution is 6.32. The second-order valence-electron chi connectivity index (χ2n) is 4.98. The van der Waals surface area contributed by atoms with Crippen molar-refractivity contribution < 1.29 is 14.7 Å². The summed E-state index contributed by atoms with van der Waals surface area (Å²) in [6.07, 6.45) is 2.16. The number of hydrogen-bond donors (Lipinski definition) is 3. The van der Waals surface area contributed by atoms with Crippen LogP contribution >= 0.6 is 0 Å². The van der Waals surface area contributed by atoms with Gasteiger partial charge in [0.15, 0.2) is 5.82 Å². The summed E-state index contributed by atoms with van der Waals surface area (Å²) in [5.41, 5.74) is 7.24. The molecule has 0 aliphatic heterocycles. The maximum atomic E-state index is 8.57. The lowest BCUT2D eigenvalue weighted by Gasteiger charge is -2.11. The first-order valence-electron chi connectivity index (χ1n) is 7.20. The molecule has 0 aliphatic carbocycles. The van der Waals surface area contributed by atoms with E-state index in [0.717, 1.165) is 12.0 Å². The standard InChI is InChI=1S/C13H20BN5O3/c15-12(8-4-5-9-22-14(20)21)13-16-17-18-19(13)10-11-6-2-1-3-7-11/h1-3,6-7,12,20-21H,4-5,8-10,15H2. The summed E-state index contributed by atoms with van der Waals surface area (Å²) < 4.78 is 6.34. The zero-order valence-corrected chi connectivity index (χ0v) is 12.2. The third-order valence-electron chi connectivity index (χ3n) is 3.24. The van der Waals surface area contributed by atoms with Crippen molar-refractivity contribution in [2.75, 3.05) is 6.61 Å². The lowest BCUT2D eigenvalue weighted by molar-refractivity contribution is 0.181. The molecule has 2 rings (SSSR count). The fourth-order valence-electron chi connectivity index (χ4n) is 2.13. The molecule has 118 valence electrons. The van der Waals surface area contributed by atoms with E-state index in [-0.39, 0.29) is 12.6 Å². The third-order valence-corrected chi connectivity index (χ3v) is 3.24. The van der Waals surface area contributed by atoms with Crippen molar-refractivity contribution in [2.45, 2.75) is 31.8 Å². The molecular weight excluding hydrogens is 285 g/mol. The highest BCUT2D eigenvalue weighted by Crippen LogP contribution is 2.14. The number of nitrogens with zero attached hydrogens (tertiary/aromatic N) is 4. The molecule has 8 nitrogen and oxygen atoms in total. The topological polar surface area (TPSA) is 119 Å². The van der Waals surface area contributed by atoms with Gasteiger partial charge in [-0.2, -0.15) is 0 Å². The van der Waals surface area contributed by atoms with Gasteiger partial charge in [-0.1, -0.05) is 30.3 Å². The second kappa shape index (κ2) is 8.59. The monoisotopic (exact) mass is 305 g/mol. The first kappa shape index (κ1) is 16.6. The Hall–Kier alpha value is -1.81. The van der Waals surface area contributed by atoms with Crippen LogP contribution in [0.15, 0.2) is 30.3 Å². The van der Waals surface area contributed by atoms with E-state index in [1.165, 1.54) is 0 Å². The van der Waals surface area contributed by atoms with E-state index in [1.54, 1.807) is 4.68 Å². The van der Waals surface area contributed by atoms with Gasteiger partial charge in [-0.15, -0.1) is 5.10 Å². The smallest absolute Gasteiger partial charge is 0.402 e. The van der Waals surface area contributed by atoms with Crippen molar-refractivity contribution in [3.8, 4) is 0 Å². The molecule has 1 aromatic heterocycles. The summed E-state index contributed by atoms with van der Waals surface area (Å²) in [7, 11) is -1.72. The van der Waals surface area contributed by atoms with Crippen LogP contribution in [-0.4, -0.2) is 44.2 Å². The Balaban J connectivity index is 1.83. The molecule has 1 aromatic carbocycles. The molecule has 0 radical (unpaired) electrons. The zero-order valence-electron chi connectivity index (χ0n) is 12.2. The van der Waals surface area contributed by atoms with Crippen LogP contribution in [0.5, 0.6) is 0 Å². The maximum Gasteiger partial charge on any atom is 0.633 e. The zero-order chi connectivity index (χ0) is 15.8. The first-order valence-corrected chi connectivity index (χ1v) is 7.20. The fourth-order valence-corrected chi connectivity index (χ4v) is 2.13. The van der Waals surface area contributed by atoms with Crippen molar-refractivity contribution in [3.63, 3.8) is 0 Å². The van der Waals surface area contributed by atoms with Gasteiger partial charge in [-0.25, -0.2) is 4.68 Å². The summed E-state index contributed by atoms with van der Waals surface area (Å²) in [5.74, 6) is 0.645. The molecular formula is C13H20BN5O3. The predicted molar refractivity (Wildman–Crippen MR) is 80.3 cm³/mol. The van der Waals surface area contributed by atoms with E-state index in [9.17, 15) is 0 Å². The Labute approximate surface area is 129 Å². The molecule has 22 heavy (non-hydrogen) atoms. The van der Waals surface area contributed by atoms with Crippen LogP contribution in [0.2, 0.25) is 0 Å². The minimum absolute atomic E-state index is 0.266.